The molecule has 0 aliphatic carbocycles. The van der Waals surface area contributed by atoms with Crippen molar-refractivity contribution in [2.24, 2.45) is 17.4 Å². The first-order valence-corrected chi connectivity index (χ1v) is 14.2. The van der Waals surface area contributed by atoms with Crippen LogP contribution in [0.15, 0.2) is 0 Å². The fourth-order valence-corrected chi connectivity index (χ4v) is 3.86. The van der Waals surface area contributed by atoms with Gasteiger partial charge in [0.05, 0.1) is 0 Å². The van der Waals surface area contributed by atoms with Gasteiger partial charge in [-0.3, -0.25) is 4.79 Å². The van der Waals surface area contributed by atoms with Crippen molar-refractivity contribution in [3.8, 4) is 0 Å². The number of amides is 1. The quantitative estimate of drug-likeness (QED) is 0.0840. The van der Waals surface area contributed by atoms with Gasteiger partial charge in [0.15, 0.2) is 0 Å². The molecule has 0 heterocycles. The first-order valence-electron chi connectivity index (χ1n) is 14.2. The molecule has 8 nitrogen and oxygen atoms in total. The monoisotopic (exact) mass is 485 g/mol. The number of carbonyl (C=O) groups excluding carboxylic acids is 1. The van der Waals surface area contributed by atoms with Gasteiger partial charge in [0.1, 0.15) is 0 Å². The Hall–Kier alpha value is -0.770. The van der Waals surface area contributed by atoms with Gasteiger partial charge < -0.3 is 38.1 Å². The molecule has 204 valence electrons. The third kappa shape index (κ3) is 25.8. The second kappa shape index (κ2) is 28.5. The van der Waals surface area contributed by atoms with Crippen molar-refractivity contribution in [3.63, 3.8) is 0 Å². The number of rotatable bonds is 28. The standard InChI is InChI=1S/C26H59N7O/c1-2-26(34)33-22-6-4-3-5-13-25(23-31-18-9-7-16-29-20-11-14-27)24-32-19-10-8-17-30-21-12-15-28/h25,29-32H,2-24,27-28H2,1H3,(H,33,34). The molecule has 0 bridgehead atoms. The van der Waals surface area contributed by atoms with Crippen molar-refractivity contribution in [2.75, 3.05) is 72.0 Å². The molecule has 0 aliphatic heterocycles. The van der Waals surface area contributed by atoms with E-state index >= 15 is 0 Å². The molecule has 0 unspecified atom stereocenters. The van der Waals surface area contributed by atoms with Gasteiger partial charge >= 0.3 is 0 Å². The Morgan fingerprint density at radius 3 is 1.53 bits per heavy atom. The smallest absolute Gasteiger partial charge is 0.219 e. The highest BCUT2D eigenvalue weighted by molar-refractivity contribution is 5.75. The Balaban J connectivity index is 3.90. The second-order valence-electron chi connectivity index (χ2n) is 9.38. The normalized spacial score (nSPS) is 11.4. The van der Waals surface area contributed by atoms with E-state index in [0.29, 0.717) is 12.3 Å². The Kier molecular flexibility index (Phi) is 27.8. The molecule has 0 radical (unpaired) electrons. The average molecular weight is 486 g/mol. The molecule has 0 saturated carbocycles. The molecular weight excluding hydrogens is 426 g/mol. The van der Waals surface area contributed by atoms with Crippen LogP contribution in [-0.4, -0.2) is 77.9 Å². The Morgan fingerprint density at radius 1 is 0.588 bits per heavy atom. The molecule has 0 aromatic carbocycles. The van der Waals surface area contributed by atoms with Crippen LogP contribution in [0, 0.1) is 5.92 Å². The second-order valence-corrected chi connectivity index (χ2v) is 9.38. The summed E-state index contributed by atoms with van der Waals surface area (Å²) in [5, 5.41) is 17.3. The fourth-order valence-electron chi connectivity index (χ4n) is 3.86. The van der Waals surface area contributed by atoms with E-state index in [2.05, 4.69) is 26.6 Å². The zero-order valence-corrected chi connectivity index (χ0v) is 22.4. The van der Waals surface area contributed by atoms with Gasteiger partial charge in [-0.05, 0) is 123 Å². The van der Waals surface area contributed by atoms with Crippen LogP contribution < -0.4 is 38.1 Å². The molecule has 0 rings (SSSR count). The summed E-state index contributed by atoms with van der Waals surface area (Å²) in [6.45, 7) is 12.9. The van der Waals surface area contributed by atoms with Crippen molar-refractivity contribution < 1.29 is 4.79 Å². The molecule has 0 fully saturated rings. The SMILES string of the molecule is CCC(=O)NCCCCCCC(CNCCCCNCCCN)CNCCCCNCCCN. The molecule has 9 N–H and O–H groups in total. The van der Waals surface area contributed by atoms with Gasteiger partial charge in [0.25, 0.3) is 0 Å². The lowest BCUT2D eigenvalue weighted by Gasteiger charge is -2.19. The van der Waals surface area contributed by atoms with E-state index in [-0.39, 0.29) is 5.91 Å². The minimum atomic E-state index is 0.162. The third-order valence-electron chi connectivity index (χ3n) is 6.08. The molecule has 8 heteroatoms. The van der Waals surface area contributed by atoms with Crippen molar-refractivity contribution >= 4 is 5.91 Å². The zero-order chi connectivity index (χ0) is 25.0. The van der Waals surface area contributed by atoms with E-state index in [1.807, 2.05) is 6.92 Å². The van der Waals surface area contributed by atoms with E-state index in [4.69, 9.17) is 11.5 Å². The largest absolute Gasteiger partial charge is 0.356 e. The lowest BCUT2D eigenvalue weighted by molar-refractivity contribution is -0.120. The Morgan fingerprint density at radius 2 is 1.03 bits per heavy atom. The summed E-state index contributed by atoms with van der Waals surface area (Å²) in [5.41, 5.74) is 11.0. The van der Waals surface area contributed by atoms with Gasteiger partial charge in [-0.1, -0.05) is 26.2 Å². The van der Waals surface area contributed by atoms with Crippen molar-refractivity contribution in [2.45, 2.75) is 84.0 Å². The molecule has 0 aromatic rings. The van der Waals surface area contributed by atoms with Crippen LogP contribution in [0.1, 0.15) is 84.0 Å². The number of hydrogen-bond donors (Lipinski definition) is 7. The predicted molar refractivity (Wildman–Crippen MR) is 147 cm³/mol. The molecule has 0 spiro atoms. The summed E-state index contributed by atoms with van der Waals surface area (Å²) < 4.78 is 0. The zero-order valence-electron chi connectivity index (χ0n) is 22.4. The summed E-state index contributed by atoms with van der Waals surface area (Å²) in [6.07, 6.45) is 13.6. The van der Waals surface area contributed by atoms with Crippen molar-refractivity contribution in [1.82, 2.24) is 26.6 Å². The summed E-state index contributed by atoms with van der Waals surface area (Å²) in [4.78, 5) is 11.3. The van der Waals surface area contributed by atoms with Gasteiger partial charge in [-0.25, -0.2) is 0 Å². The van der Waals surface area contributed by atoms with Crippen molar-refractivity contribution in [1.29, 1.82) is 0 Å². The van der Waals surface area contributed by atoms with Gasteiger partial charge in [0.2, 0.25) is 5.91 Å². The third-order valence-corrected chi connectivity index (χ3v) is 6.08. The van der Waals surface area contributed by atoms with Crippen LogP contribution in [0.3, 0.4) is 0 Å². The maximum absolute atomic E-state index is 11.3. The van der Waals surface area contributed by atoms with E-state index in [1.165, 1.54) is 51.4 Å². The number of nitrogens with one attached hydrogen (secondary N) is 5. The number of unbranched alkanes of at least 4 members (excludes halogenated alkanes) is 5. The molecule has 1 amide bonds. The molecular formula is C26H59N7O. The highest BCUT2D eigenvalue weighted by atomic mass is 16.1. The number of nitrogens with two attached hydrogens (primary N) is 2. The van der Waals surface area contributed by atoms with Crippen LogP contribution in [0.4, 0.5) is 0 Å². The number of hydrogen-bond acceptors (Lipinski definition) is 7. The first-order chi connectivity index (χ1) is 16.7. The van der Waals surface area contributed by atoms with Gasteiger partial charge in [0, 0.05) is 13.0 Å². The van der Waals surface area contributed by atoms with Crippen LogP contribution in [-0.2, 0) is 4.79 Å². The average Bonchev–Trinajstić information content (AvgIpc) is 2.85. The molecule has 0 aliphatic rings. The lowest BCUT2D eigenvalue weighted by atomic mass is 10.00. The highest BCUT2D eigenvalue weighted by Crippen LogP contribution is 2.10. The summed E-state index contributed by atoms with van der Waals surface area (Å²) in [5.74, 6) is 0.847. The topological polar surface area (TPSA) is 129 Å². The summed E-state index contributed by atoms with van der Waals surface area (Å²) >= 11 is 0. The van der Waals surface area contributed by atoms with Crippen LogP contribution in [0.25, 0.3) is 0 Å². The molecule has 0 saturated heterocycles. The Bertz CT molecular complexity index is 391. The first kappa shape index (κ1) is 33.2. The molecule has 34 heavy (non-hydrogen) atoms. The van der Waals surface area contributed by atoms with E-state index in [9.17, 15) is 4.79 Å². The van der Waals surface area contributed by atoms with Gasteiger partial charge in [-0.2, -0.15) is 0 Å². The summed E-state index contributed by atoms with van der Waals surface area (Å²) in [6, 6.07) is 0. The minimum Gasteiger partial charge on any atom is -0.356 e. The highest BCUT2D eigenvalue weighted by Gasteiger charge is 2.08. The number of carbonyl (C=O) groups is 1. The molecule has 0 atom stereocenters. The van der Waals surface area contributed by atoms with Crippen molar-refractivity contribution in [3.05, 3.63) is 0 Å². The maximum Gasteiger partial charge on any atom is 0.219 e. The lowest BCUT2D eigenvalue weighted by Crippen LogP contribution is -2.32. The fraction of sp³-hybridized carbons (Fsp3) is 0.962. The van der Waals surface area contributed by atoms with Crippen LogP contribution in [0.2, 0.25) is 0 Å². The van der Waals surface area contributed by atoms with E-state index < -0.39 is 0 Å². The van der Waals surface area contributed by atoms with E-state index in [0.717, 1.165) is 91.3 Å². The van der Waals surface area contributed by atoms with Crippen LogP contribution >= 0.6 is 0 Å². The van der Waals surface area contributed by atoms with E-state index in [1.54, 1.807) is 0 Å². The molecule has 0 aromatic heterocycles. The Labute approximate surface area is 210 Å². The predicted octanol–water partition coefficient (Wildman–Crippen LogP) is 1.70. The summed E-state index contributed by atoms with van der Waals surface area (Å²) in [7, 11) is 0. The van der Waals surface area contributed by atoms with Crippen LogP contribution in [0.5, 0.6) is 0 Å². The maximum atomic E-state index is 11.3. The minimum absolute atomic E-state index is 0.162. The van der Waals surface area contributed by atoms with Gasteiger partial charge in [-0.15, -0.1) is 0 Å².